The number of H-pyrrole nitrogens is 1. The summed E-state index contributed by atoms with van der Waals surface area (Å²) < 4.78 is 28.7. The van der Waals surface area contributed by atoms with Crippen LogP contribution in [0.3, 0.4) is 0 Å². The minimum absolute atomic E-state index is 0.230. The van der Waals surface area contributed by atoms with Crippen molar-refractivity contribution in [3.63, 3.8) is 0 Å². The van der Waals surface area contributed by atoms with Gasteiger partial charge in [-0.25, -0.2) is 18.6 Å². The molecule has 0 aliphatic rings. The summed E-state index contributed by atoms with van der Waals surface area (Å²) in [7, 11) is 0. The largest absolute Gasteiger partial charge is 0.333 e. The first-order chi connectivity index (χ1) is 12.0. The third kappa shape index (κ3) is 2.90. The SMILES string of the molecule is CCn1c(=O)c2[nH]c(/C=C/c3ccc(F)c(F)c3)nc2n(CC)c1=O. The highest BCUT2D eigenvalue weighted by Gasteiger charge is 2.14. The zero-order valence-electron chi connectivity index (χ0n) is 13.7. The third-order valence-corrected chi connectivity index (χ3v) is 3.89. The van der Waals surface area contributed by atoms with Crippen LogP contribution in [0.4, 0.5) is 8.78 Å². The van der Waals surface area contributed by atoms with E-state index in [9.17, 15) is 18.4 Å². The Labute approximate surface area is 141 Å². The van der Waals surface area contributed by atoms with Gasteiger partial charge in [0, 0.05) is 13.1 Å². The van der Waals surface area contributed by atoms with Crippen LogP contribution in [-0.4, -0.2) is 19.1 Å². The molecule has 2 aromatic heterocycles. The van der Waals surface area contributed by atoms with E-state index in [2.05, 4.69) is 9.97 Å². The van der Waals surface area contributed by atoms with Crippen LogP contribution in [0, 0.1) is 11.6 Å². The molecule has 130 valence electrons. The quantitative estimate of drug-likeness (QED) is 0.788. The van der Waals surface area contributed by atoms with Crippen LogP contribution in [-0.2, 0) is 13.1 Å². The zero-order valence-corrected chi connectivity index (χ0v) is 13.7. The second-order valence-corrected chi connectivity index (χ2v) is 5.40. The van der Waals surface area contributed by atoms with Gasteiger partial charge in [-0.15, -0.1) is 0 Å². The molecular formula is C17H16F2N4O2. The maximum atomic E-state index is 13.2. The second-order valence-electron chi connectivity index (χ2n) is 5.40. The molecule has 0 atom stereocenters. The topological polar surface area (TPSA) is 72.7 Å². The lowest BCUT2D eigenvalue weighted by atomic mass is 10.2. The number of hydrogen-bond donors (Lipinski definition) is 1. The van der Waals surface area contributed by atoms with Gasteiger partial charge in [-0.2, -0.15) is 0 Å². The van der Waals surface area contributed by atoms with Gasteiger partial charge in [-0.05, 0) is 37.6 Å². The van der Waals surface area contributed by atoms with Crippen LogP contribution in [0.1, 0.15) is 25.2 Å². The van der Waals surface area contributed by atoms with Crippen LogP contribution in [0.15, 0.2) is 27.8 Å². The Bertz CT molecular complexity index is 1090. The van der Waals surface area contributed by atoms with E-state index < -0.39 is 22.9 Å². The maximum absolute atomic E-state index is 13.2. The first kappa shape index (κ1) is 16.8. The summed E-state index contributed by atoms with van der Waals surface area (Å²) in [5.74, 6) is -1.53. The fraction of sp³-hybridized carbons (Fsp3) is 0.235. The van der Waals surface area contributed by atoms with Gasteiger partial charge in [0.2, 0.25) is 0 Å². The number of hydrogen-bond acceptors (Lipinski definition) is 3. The smallest absolute Gasteiger partial charge is 0.332 e. The number of benzene rings is 1. The Morgan fingerprint density at radius 3 is 2.44 bits per heavy atom. The van der Waals surface area contributed by atoms with E-state index in [0.717, 1.165) is 16.7 Å². The summed E-state index contributed by atoms with van der Waals surface area (Å²) in [5.41, 5.74) is 0.0934. The number of nitrogens with zero attached hydrogens (tertiary/aromatic N) is 3. The van der Waals surface area contributed by atoms with Gasteiger partial charge in [0.25, 0.3) is 5.56 Å². The molecule has 0 amide bonds. The van der Waals surface area contributed by atoms with Gasteiger partial charge in [0.05, 0.1) is 0 Å². The Kier molecular flexibility index (Phi) is 4.35. The number of nitrogens with one attached hydrogen (secondary N) is 1. The van der Waals surface area contributed by atoms with Gasteiger partial charge >= 0.3 is 5.69 Å². The van der Waals surface area contributed by atoms with E-state index in [1.165, 1.54) is 22.8 Å². The lowest BCUT2D eigenvalue weighted by Crippen LogP contribution is -2.39. The second kappa shape index (κ2) is 6.46. The summed E-state index contributed by atoms with van der Waals surface area (Å²) >= 11 is 0. The zero-order chi connectivity index (χ0) is 18.1. The Hall–Kier alpha value is -3.03. The molecule has 1 N–H and O–H groups in total. The Balaban J connectivity index is 2.11. The van der Waals surface area contributed by atoms with Gasteiger partial charge in [0.1, 0.15) is 11.3 Å². The van der Waals surface area contributed by atoms with E-state index >= 15 is 0 Å². The molecule has 0 bridgehead atoms. The molecule has 0 saturated heterocycles. The van der Waals surface area contributed by atoms with Gasteiger partial charge in [-0.1, -0.05) is 12.1 Å². The predicted molar refractivity (Wildman–Crippen MR) is 91.2 cm³/mol. The van der Waals surface area contributed by atoms with E-state index in [1.807, 2.05) is 0 Å². The van der Waals surface area contributed by atoms with Gasteiger partial charge in [0.15, 0.2) is 17.3 Å². The normalized spacial score (nSPS) is 11.7. The molecule has 25 heavy (non-hydrogen) atoms. The predicted octanol–water partition coefficient (Wildman–Crippen LogP) is 2.37. The van der Waals surface area contributed by atoms with E-state index in [-0.39, 0.29) is 17.7 Å². The molecule has 0 fully saturated rings. The van der Waals surface area contributed by atoms with Crippen LogP contribution >= 0.6 is 0 Å². The van der Waals surface area contributed by atoms with Crippen molar-refractivity contribution in [3.8, 4) is 0 Å². The fourth-order valence-electron chi connectivity index (χ4n) is 2.62. The van der Waals surface area contributed by atoms with E-state index in [4.69, 9.17) is 0 Å². The highest BCUT2D eigenvalue weighted by molar-refractivity contribution is 5.75. The van der Waals surface area contributed by atoms with Crippen molar-refractivity contribution in [2.75, 3.05) is 0 Å². The summed E-state index contributed by atoms with van der Waals surface area (Å²) in [6, 6.07) is 3.51. The van der Waals surface area contributed by atoms with Crippen molar-refractivity contribution in [3.05, 3.63) is 62.1 Å². The molecule has 6 nitrogen and oxygen atoms in total. The fourth-order valence-corrected chi connectivity index (χ4v) is 2.62. The minimum atomic E-state index is -0.947. The first-order valence-corrected chi connectivity index (χ1v) is 7.82. The minimum Gasteiger partial charge on any atom is -0.333 e. The lowest BCUT2D eigenvalue weighted by molar-refractivity contribution is 0.508. The molecule has 0 radical (unpaired) electrons. The van der Waals surface area contributed by atoms with Crippen LogP contribution in [0.25, 0.3) is 23.3 Å². The van der Waals surface area contributed by atoms with Crippen molar-refractivity contribution in [1.82, 2.24) is 19.1 Å². The number of aryl methyl sites for hydroxylation is 1. The summed E-state index contributed by atoms with van der Waals surface area (Å²) in [6.07, 6.45) is 3.07. The van der Waals surface area contributed by atoms with Crippen molar-refractivity contribution in [1.29, 1.82) is 0 Å². The molecule has 0 aliphatic carbocycles. The first-order valence-electron chi connectivity index (χ1n) is 7.82. The molecule has 2 heterocycles. The molecule has 0 unspecified atom stereocenters. The van der Waals surface area contributed by atoms with Crippen molar-refractivity contribution in [2.45, 2.75) is 26.9 Å². The summed E-state index contributed by atoms with van der Waals surface area (Å²) in [5, 5.41) is 0. The van der Waals surface area contributed by atoms with Crippen molar-refractivity contribution < 1.29 is 8.78 Å². The number of aromatic amines is 1. The van der Waals surface area contributed by atoms with Crippen molar-refractivity contribution >= 4 is 23.3 Å². The Morgan fingerprint density at radius 2 is 1.80 bits per heavy atom. The molecule has 8 heteroatoms. The lowest BCUT2D eigenvalue weighted by Gasteiger charge is -2.06. The van der Waals surface area contributed by atoms with Gasteiger partial charge in [-0.3, -0.25) is 13.9 Å². The standard InChI is InChI=1S/C17H16F2N4O2/c1-3-22-15-14(16(24)23(4-2)17(22)25)20-13(21-15)8-6-10-5-7-11(18)12(19)9-10/h5-9H,3-4H2,1-2H3,(H,20,21)/b8-6+. The highest BCUT2D eigenvalue weighted by atomic mass is 19.2. The van der Waals surface area contributed by atoms with E-state index in [1.54, 1.807) is 13.8 Å². The average Bonchev–Trinajstić information content (AvgIpc) is 3.01. The molecule has 3 aromatic rings. The summed E-state index contributed by atoms with van der Waals surface area (Å²) in [4.78, 5) is 31.8. The maximum Gasteiger partial charge on any atom is 0.332 e. The van der Waals surface area contributed by atoms with E-state index in [0.29, 0.717) is 17.9 Å². The number of rotatable bonds is 4. The molecule has 0 saturated carbocycles. The molecule has 1 aromatic carbocycles. The van der Waals surface area contributed by atoms with Crippen LogP contribution < -0.4 is 11.2 Å². The highest BCUT2D eigenvalue weighted by Crippen LogP contribution is 2.13. The Morgan fingerprint density at radius 1 is 1.08 bits per heavy atom. The summed E-state index contributed by atoms with van der Waals surface area (Å²) in [6.45, 7) is 4.13. The molecule has 0 spiro atoms. The third-order valence-electron chi connectivity index (χ3n) is 3.89. The monoisotopic (exact) mass is 346 g/mol. The van der Waals surface area contributed by atoms with Crippen LogP contribution in [0.2, 0.25) is 0 Å². The number of aromatic nitrogens is 4. The molecular weight excluding hydrogens is 330 g/mol. The number of imidazole rings is 1. The van der Waals surface area contributed by atoms with Gasteiger partial charge < -0.3 is 4.98 Å². The average molecular weight is 346 g/mol. The molecule has 3 rings (SSSR count). The molecule has 0 aliphatic heterocycles. The van der Waals surface area contributed by atoms with Crippen LogP contribution in [0.5, 0.6) is 0 Å². The van der Waals surface area contributed by atoms with Crippen molar-refractivity contribution in [2.24, 2.45) is 0 Å². The number of fused-ring (bicyclic) bond motifs is 1. The number of halogens is 2.